The van der Waals surface area contributed by atoms with Gasteiger partial charge in [0.05, 0.1) is 26.3 Å². The first-order chi connectivity index (χ1) is 13.7. The number of aromatic nitrogens is 2. The number of rotatable bonds is 3. The molecule has 11 heteroatoms. The monoisotopic (exact) mass is 428 g/mol. The van der Waals surface area contributed by atoms with Crippen LogP contribution in [0.15, 0.2) is 47.5 Å². The van der Waals surface area contributed by atoms with Crippen LogP contribution in [0.4, 0.5) is 19.1 Å². The van der Waals surface area contributed by atoms with E-state index < -0.39 is 27.7 Å². The van der Waals surface area contributed by atoms with Gasteiger partial charge in [0, 0.05) is 24.7 Å². The fourth-order valence-corrected chi connectivity index (χ4v) is 5.31. The number of benzene rings is 1. The Balaban J connectivity index is 1.51. The molecule has 0 bridgehead atoms. The van der Waals surface area contributed by atoms with Crippen molar-refractivity contribution in [3.8, 4) is 0 Å². The average Bonchev–Trinajstić information content (AvgIpc) is 2.90. The summed E-state index contributed by atoms with van der Waals surface area (Å²) in [5.41, 5.74) is -1.53. The molecule has 2 aliphatic rings. The molecule has 0 radical (unpaired) electrons. The molecule has 0 amide bonds. The maximum absolute atomic E-state index is 13.0. The van der Waals surface area contributed by atoms with E-state index in [1.54, 1.807) is 23.1 Å². The number of hydrogen-bond acceptors (Lipinski definition) is 6. The third-order valence-corrected chi connectivity index (χ3v) is 6.87. The number of hydrogen-bond donors (Lipinski definition) is 0. The normalized spacial score (nSPS) is 22.0. The van der Waals surface area contributed by atoms with E-state index in [-0.39, 0.29) is 23.9 Å². The molecule has 4 rings (SSSR count). The van der Waals surface area contributed by atoms with Gasteiger partial charge >= 0.3 is 6.18 Å². The average molecular weight is 428 g/mol. The standard InChI is InChI=1S/C18H19F3N4O3S/c19-18(20,21)15-6-7-22-16(23-15)24-8-9-28-13-17(10-24)11-25(12-17)29(26,27)14-4-2-1-3-5-14/h1-7H,8-13H2. The molecule has 1 atom stereocenters. The second-order valence-corrected chi connectivity index (χ2v) is 9.24. The Morgan fingerprint density at radius 3 is 2.55 bits per heavy atom. The van der Waals surface area contributed by atoms with Crippen LogP contribution in [0.5, 0.6) is 0 Å². The first kappa shape index (κ1) is 20.2. The summed E-state index contributed by atoms with van der Waals surface area (Å²) in [7, 11) is -3.62. The highest BCUT2D eigenvalue weighted by Gasteiger charge is 2.53. The lowest BCUT2D eigenvalue weighted by Gasteiger charge is -2.49. The van der Waals surface area contributed by atoms with Crippen molar-refractivity contribution in [2.45, 2.75) is 11.1 Å². The van der Waals surface area contributed by atoms with Gasteiger partial charge in [-0.3, -0.25) is 0 Å². The molecule has 0 N–H and O–H groups in total. The second kappa shape index (κ2) is 7.31. The molecular weight excluding hydrogens is 409 g/mol. The van der Waals surface area contributed by atoms with Crippen LogP contribution in [0.3, 0.4) is 0 Å². The predicted molar refractivity (Wildman–Crippen MR) is 97.6 cm³/mol. The topological polar surface area (TPSA) is 81.6 Å². The first-order valence-corrected chi connectivity index (χ1v) is 10.4. The van der Waals surface area contributed by atoms with Gasteiger partial charge in [0.1, 0.15) is 5.69 Å². The van der Waals surface area contributed by atoms with Gasteiger partial charge < -0.3 is 14.2 Å². The van der Waals surface area contributed by atoms with Crippen molar-refractivity contribution in [1.82, 2.24) is 14.3 Å². The highest BCUT2D eigenvalue weighted by molar-refractivity contribution is 7.95. The van der Waals surface area contributed by atoms with Gasteiger partial charge in [0.25, 0.3) is 0 Å². The predicted octanol–water partition coefficient (Wildman–Crippen LogP) is 2.24. The third kappa shape index (κ3) is 4.00. The lowest BCUT2D eigenvalue weighted by Crippen LogP contribution is -2.65. The van der Waals surface area contributed by atoms with E-state index in [4.69, 9.17) is 4.74 Å². The molecule has 3 heterocycles. The van der Waals surface area contributed by atoms with Crippen molar-refractivity contribution in [1.29, 1.82) is 0 Å². The molecule has 1 unspecified atom stereocenters. The van der Waals surface area contributed by atoms with Crippen molar-refractivity contribution in [2.75, 3.05) is 44.3 Å². The summed E-state index contributed by atoms with van der Waals surface area (Å²) in [5, 5.41) is 0. The Morgan fingerprint density at radius 1 is 1.14 bits per heavy atom. The summed E-state index contributed by atoms with van der Waals surface area (Å²) in [6.45, 7) is 1.71. The number of alkyl halides is 3. The molecule has 0 saturated carbocycles. The van der Waals surface area contributed by atoms with Gasteiger partial charge in [0.15, 0.2) is 15.3 Å². The summed E-state index contributed by atoms with van der Waals surface area (Å²) < 4.78 is 71.4. The van der Waals surface area contributed by atoms with Crippen LogP contribution in [-0.4, -0.2) is 58.2 Å². The number of halogens is 3. The number of ether oxygens (including phenoxy) is 1. The summed E-state index contributed by atoms with van der Waals surface area (Å²) in [5.74, 6) is -0.0333. The van der Waals surface area contributed by atoms with E-state index in [0.717, 1.165) is 12.3 Å². The van der Waals surface area contributed by atoms with Gasteiger partial charge in [-0.2, -0.15) is 13.2 Å². The van der Waals surface area contributed by atoms with Crippen LogP contribution in [0.1, 0.15) is 5.69 Å². The van der Waals surface area contributed by atoms with Crippen LogP contribution < -0.4 is 4.90 Å². The Bertz CT molecular complexity index is 922. The van der Waals surface area contributed by atoms with Gasteiger partial charge in [-0.15, -0.1) is 4.31 Å². The van der Waals surface area contributed by atoms with Crippen molar-refractivity contribution in [3.63, 3.8) is 0 Å². The molecule has 2 saturated heterocycles. The van der Waals surface area contributed by atoms with E-state index in [1.165, 1.54) is 16.4 Å². The molecule has 1 aromatic carbocycles. The number of anilines is 1. The van der Waals surface area contributed by atoms with Crippen molar-refractivity contribution in [3.05, 3.63) is 48.3 Å². The third-order valence-electron chi connectivity index (χ3n) is 5.06. The van der Waals surface area contributed by atoms with Crippen LogP contribution in [0.2, 0.25) is 0 Å². The lowest BCUT2D eigenvalue weighted by atomic mass is 9.82. The van der Waals surface area contributed by atoms with Crippen molar-refractivity contribution >= 4 is 16.3 Å². The minimum absolute atomic E-state index is 0.0333. The zero-order valence-corrected chi connectivity index (χ0v) is 16.2. The van der Waals surface area contributed by atoms with Crippen LogP contribution in [0.25, 0.3) is 0 Å². The van der Waals surface area contributed by atoms with E-state index in [0.29, 0.717) is 26.3 Å². The van der Waals surface area contributed by atoms with Gasteiger partial charge in [-0.25, -0.2) is 9.97 Å². The van der Waals surface area contributed by atoms with Crippen LogP contribution in [-0.2, 0) is 25.5 Å². The molecule has 2 aliphatic heterocycles. The van der Waals surface area contributed by atoms with Crippen molar-refractivity contribution < 1.29 is 26.7 Å². The van der Waals surface area contributed by atoms with Crippen LogP contribution >= 0.6 is 0 Å². The zero-order valence-electron chi connectivity index (χ0n) is 15.3. The molecule has 2 fully saturated rings. The van der Waals surface area contributed by atoms with Gasteiger partial charge in [-0.05, 0) is 18.2 Å². The smallest absolute Gasteiger partial charge is 0.433 e. The molecule has 1 aromatic heterocycles. The minimum atomic E-state index is -4.56. The Labute approximate surface area is 166 Å². The van der Waals surface area contributed by atoms with E-state index in [1.807, 2.05) is 0 Å². The fraction of sp³-hybridized carbons (Fsp3) is 0.444. The molecule has 156 valence electrons. The zero-order chi connectivity index (χ0) is 20.7. The summed E-state index contributed by atoms with van der Waals surface area (Å²) in [6, 6.07) is 8.95. The second-order valence-electron chi connectivity index (χ2n) is 7.30. The highest BCUT2D eigenvalue weighted by Crippen LogP contribution is 2.39. The molecule has 2 aromatic rings. The first-order valence-electron chi connectivity index (χ1n) is 8.98. The summed E-state index contributed by atoms with van der Waals surface area (Å²) >= 11 is 0. The largest absolute Gasteiger partial charge is 0.593 e. The molecule has 1 spiro atoms. The minimum Gasteiger partial charge on any atom is -0.593 e. The Hall–Kier alpha value is -2.08. The SMILES string of the molecule is O=[S+]([O-])(c1ccccc1)N1CC2(COCCN(c3nccc(C(F)(F)F)n3)C2)C1. The van der Waals surface area contributed by atoms with Crippen molar-refractivity contribution in [2.24, 2.45) is 5.41 Å². The maximum Gasteiger partial charge on any atom is 0.433 e. The van der Waals surface area contributed by atoms with E-state index in [9.17, 15) is 21.9 Å². The number of nitrogens with zero attached hydrogens (tertiary/aromatic N) is 4. The quantitative estimate of drug-likeness (QED) is 0.698. The summed E-state index contributed by atoms with van der Waals surface area (Å²) in [6.07, 6.45) is -3.48. The lowest BCUT2D eigenvalue weighted by molar-refractivity contribution is -0.141. The summed E-state index contributed by atoms with van der Waals surface area (Å²) in [4.78, 5) is 9.48. The van der Waals surface area contributed by atoms with Crippen LogP contribution in [0, 0.1) is 5.41 Å². The Morgan fingerprint density at radius 2 is 1.86 bits per heavy atom. The molecule has 0 aliphatic carbocycles. The number of sulfonamides is 1. The highest BCUT2D eigenvalue weighted by atomic mass is 32.3. The fourth-order valence-electron chi connectivity index (χ4n) is 3.63. The molecule has 7 nitrogen and oxygen atoms in total. The van der Waals surface area contributed by atoms with E-state index >= 15 is 0 Å². The van der Waals surface area contributed by atoms with E-state index in [2.05, 4.69) is 9.97 Å². The van der Waals surface area contributed by atoms with Gasteiger partial charge in [-0.1, -0.05) is 22.4 Å². The van der Waals surface area contributed by atoms with Gasteiger partial charge in [0.2, 0.25) is 5.95 Å². The molecular formula is C18H19F3N4O3S. The molecule has 29 heavy (non-hydrogen) atoms. The maximum atomic E-state index is 13.0. The Kier molecular flexibility index (Phi) is 5.09.